The minimum Gasteiger partial charge on any atom is -0.550 e. The molecule has 0 fully saturated rings. The van der Waals surface area contributed by atoms with Gasteiger partial charge in [-0.1, -0.05) is 42.5 Å². The summed E-state index contributed by atoms with van der Waals surface area (Å²) >= 11 is 0. The maximum Gasteiger partial charge on any atom is 0.220 e. The van der Waals surface area contributed by atoms with Crippen LogP contribution >= 0.6 is 0 Å². The van der Waals surface area contributed by atoms with Crippen molar-refractivity contribution in [3.8, 4) is 5.75 Å². The predicted octanol–water partition coefficient (Wildman–Crippen LogP) is 2.79. The Balaban J connectivity index is 1.92. The van der Waals surface area contributed by atoms with Crippen LogP contribution in [0.5, 0.6) is 5.75 Å². The zero-order valence-corrected chi connectivity index (χ0v) is 15.8. The summed E-state index contributed by atoms with van der Waals surface area (Å²) < 4.78 is 5.59. The number of amides is 1. The van der Waals surface area contributed by atoms with Gasteiger partial charge in [0, 0.05) is 18.8 Å². The van der Waals surface area contributed by atoms with E-state index < -0.39 is 12.0 Å². The molecule has 0 aromatic heterocycles. The van der Waals surface area contributed by atoms with Gasteiger partial charge in [-0.25, -0.2) is 0 Å². The van der Waals surface area contributed by atoms with Crippen LogP contribution in [-0.4, -0.2) is 18.0 Å². The van der Waals surface area contributed by atoms with Crippen molar-refractivity contribution in [2.24, 2.45) is 0 Å². The van der Waals surface area contributed by atoms with Gasteiger partial charge in [0.15, 0.2) is 0 Å². The summed E-state index contributed by atoms with van der Waals surface area (Å²) in [6.45, 7) is 3.87. The van der Waals surface area contributed by atoms with Crippen LogP contribution < -0.4 is 15.2 Å². The van der Waals surface area contributed by atoms with Crippen molar-refractivity contribution in [3.63, 3.8) is 0 Å². The number of ether oxygens (including phenoxy) is 1. The van der Waals surface area contributed by atoms with Crippen molar-refractivity contribution in [1.82, 2.24) is 5.32 Å². The average Bonchev–Trinajstić information content (AvgIpc) is 2.62. The molecule has 2 aromatic carbocycles. The molecule has 0 aliphatic rings. The minimum absolute atomic E-state index is 0.0548. The van der Waals surface area contributed by atoms with Crippen molar-refractivity contribution in [2.75, 3.05) is 0 Å². The quantitative estimate of drug-likeness (QED) is 0.699. The van der Waals surface area contributed by atoms with Crippen LogP contribution in [0.4, 0.5) is 0 Å². The fraction of sp³-hybridized carbons (Fsp3) is 0.364. The Bertz CT molecular complexity index is 726. The van der Waals surface area contributed by atoms with Gasteiger partial charge in [0.2, 0.25) is 5.91 Å². The number of benzene rings is 2. The van der Waals surface area contributed by atoms with Crippen LogP contribution in [0.2, 0.25) is 0 Å². The van der Waals surface area contributed by atoms with E-state index >= 15 is 0 Å². The van der Waals surface area contributed by atoms with Crippen molar-refractivity contribution in [1.29, 1.82) is 0 Å². The highest BCUT2D eigenvalue weighted by molar-refractivity contribution is 5.77. The van der Waals surface area contributed by atoms with E-state index in [-0.39, 0.29) is 18.4 Å². The zero-order chi connectivity index (χ0) is 19.6. The number of hydrogen-bond acceptors (Lipinski definition) is 4. The van der Waals surface area contributed by atoms with Crippen LogP contribution in [0.25, 0.3) is 0 Å². The number of carbonyl (C=O) groups excluding carboxylic acids is 2. The number of nitrogens with one attached hydrogen (secondary N) is 1. The Hall–Kier alpha value is -2.82. The van der Waals surface area contributed by atoms with Crippen molar-refractivity contribution in [3.05, 3.63) is 65.7 Å². The summed E-state index contributed by atoms with van der Waals surface area (Å²) in [6.07, 6.45) is 1.64. The molecule has 0 heterocycles. The second kappa shape index (κ2) is 10.4. The van der Waals surface area contributed by atoms with Gasteiger partial charge >= 0.3 is 0 Å². The normalized spacial score (nSPS) is 11.8. The summed E-state index contributed by atoms with van der Waals surface area (Å²) in [5.41, 5.74) is 1.89. The van der Waals surface area contributed by atoms with E-state index in [9.17, 15) is 14.7 Å². The zero-order valence-electron chi connectivity index (χ0n) is 15.8. The van der Waals surface area contributed by atoms with Crippen LogP contribution in [0.1, 0.15) is 50.3 Å². The van der Waals surface area contributed by atoms with E-state index in [1.165, 1.54) is 5.56 Å². The van der Waals surface area contributed by atoms with Gasteiger partial charge in [0.1, 0.15) is 5.75 Å². The maximum atomic E-state index is 12.3. The highest BCUT2D eigenvalue weighted by Gasteiger charge is 2.15. The summed E-state index contributed by atoms with van der Waals surface area (Å²) in [6, 6.07) is 16.4. The molecule has 5 nitrogen and oxygen atoms in total. The Morgan fingerprint density at radius 3 is 2.30 bits per heavy atom. The maximum absolute atomic E-state index is 12.3. The largest absolute Gasteiger partial charge is 0.550 e. The van der Waals surface area contributed by atoms with Gasteiger partial charge in [0.25, 0.3) is 0 Å². The molecule has 0 bridgehead atoms. The molecule has 0 saturated carbocycles. The van der Waals surface area contributed by atoms with E-state index in [4.69, 9.17) is 4.74 Å². The van der Waals surface area contributed by atoms with Crippen molar-refractivity contribution in [2.45, 2.75) is 51.7 Å². The molecule has 1 N–H and O–H groups in total. The fourth-order valence-electron chi connectivity index (χ4n) is 2.83. The van der Waals surface area contributed by atoms with Crippen LogP contribution in [-0.2, 0) is 16.0 Å². The lowest BCUT2D eigenvalue weighted by molar-refractivity contribution is -0.306. The summed E-state index contributed by atoms with van der Waals surface area (Å²) in [7, 11) is 0. The van der Waals surface area contributed by atoms with Crippen LogP contribution in [0.15, 0.2) is 54.6 Å². The van der Waals surface area contributed by atoms with Crippen molar-refractivity contribution < 1.29 is 19.4 Å². The molecular weight excluding hydrogens is 342 g/mol. The summed E-state index contributed by atoms with van der Waals surface area (Å²) in [5.74, 6) is -0.665. The number of aliphatic carboxylic acids is 1. The van der Waals surface area contributed by atoms with Crippen LogP contribution in [0.3, 0.4) is 0 Å². The molecule has 144 valence electrons. The molecule has 0 radical (unpaired) electrons. The fourth-order valence-corrected chi connectivity index (χ4v) is 2.83. The minimum atomic E-state index is -1.20. The van der Waals surface area contributed by atoms with Gasteiger partial charge in [-0.05, 0) is 49.9 Å². The van der Waals surface area contributed by atoms with Gasteiger partial charge in [-0.2, -0.15) is 0 Å². The summed E-state index contributed by atoms with van der Waals surface area (Å²) in [4.78, 5) is 23.4. The number of hydrogen-bond donors (Lipinski definition) is 1. The van der Waals surface area contributed by atoms with Crippen molar-refractivity contribution >= 4 is 11.9 Å². The van der Waals surface area contributed by atoms with E-state index in [1.807, 2.05) is 44.2 Å². The molecule has 2 rings (SSSR count). The number of carboxylic acid groups (broad SMARTS) is 1. The lowest BCUT2D eigenvalue weighted by Gasteiger charge is -2.20. The third-order valence-electron chi connectivity index (χ3n) is 4.07. The molecule has 0 aliphatic carbocycles. The van der Waals surface area contributed by atoms with Gasteiger partial charge < -0.3 is 20.0 Å². The van der Waals surface area contributed by atoms with E-state index in [1.54, 1.807) is 24.3 Å². The number of aryl methyl sites for hydroxylation is 1. The van der Waals surface area contributed by atoms with Gasteiger partial charge in [-0.3, -0.25) is 4.79 Å². The molecular formula is C22H26NO4-. The second-order valence-corrected chi connectivity index (χ2v) is 6.77. The molecule has 0 saturated heterocycles. The number of carboxylic acids is 1. The molecule has 0 aliphatic heterocycles. The molecule has 5 heteroatoms. The number of carbonyl (C=O) groups is 2. The first kappa shape index (κ1) is 20.5. The highest BCUT2D eigenvalue weighted by Crippen LogP contribution is 2.21. The topological polar surface area (TPSA) is 78.5 Å². The SMILES string of the molecule is CC(C)Oc1ccc([C@@H](CC(=O)[O-])NC(=O)CCCc2ccccc2)cc1. The van der Waals surface area contributed by atoms with E-state index in [2.05, 4.69) is 5.32 Å². The predicted molar refractivity (Wildman–Crippen MR) is 102 cm³/mol. The molecule has 27 heavy (non-hydrogen) atoms. The first-order valence-corrected chi connectivity index (χ1v) is 9.24. The first-order chi connectivity index (χ1) is 12.9. The third-order valence-corrected chi connectivity index (χ3v) is 4.07. The standard InChI is InChI=1S/C22H27NO4/c1-16(2)27-19-13-11-18(12-14-19)20(15-22(25)26)23-21(24)10-6-9-17-7-4-3-5-8-17/h3-5,7-8,11-14,16,20H,6,9-10,15H2,1-2H3,(H,23,24)(H,25,26)/p-1/t20-/m1/s1. The second-order valence-electron chi connectivity index (χ2n) is 6.77. The molecule has 0 unspecified atom stereocenters. The van der Waals surface area contributed by atoms with Gasteiger partial charge in [0.05, 0.1) is 12.1 Å². The molecule has 1 amide bonds. The monoisotopic (exact) mass is 368 g/mol. The average molecular weight is 368 g/mol. The summed E-state index contributed by atoms with van der Waals surface area (Å²) in [5, 5.41) is 13.9. The smallest absolute Gasteiger partial charge is 0.220 e. The molecule has 2 aromatic rings. The lowest BCUT2D eigenvalue weighted by atomic mass is 10.0. The van der Waals surface area contributed by atoms with Gasteiger partial charge in [-0.15, -0.1) is 0 Å². The Morgan fingerprint density at radius 1 is 1.04 bits per heavy atom. The Kier molecular flexibility index (Phi) is 7.86. The highest BCUT2D eigenvalue weighted by atomic mass is 16.5. The Labute approximate surface area is 160 Å². The Morgan fingerprint density at radius 2 is 1.70 bits per heavy atom. The van der Waals surface area contributed by atoms with Crippen LogP contribution in [0, 0.1) is 0 Å². The van der Waals surface area contributed by atoms with E-state index in [0.29, 0.717) is 24.2 Å². The first-order valence-electron chi connectivity index (χ1n) is 9.24. The third kappa shape index (κ3) is 7.52. The molecule has 1 atom stereocenters. The van der Waals surface area contributed by atoms with E-state index in [0.717, 1.165) is 6.42 Å². The number of rotatable bonds is 10. The molecule has 0 spiro atoms. The lowest BCUT2D eigenvalue weighted by Crippen LogP contribution is -2.34.